The van der Waals surface area contributed by atoms with E-state index in [1.54, 1.807) is 11.4 Å². The standard InChI is InChI=1S/C11H25N3O2S/c1-4-12-8-6-9-13(3)17(15,16)14-10-5-7-11(14)2/h11-12H,4-10H2,1-3H3. The fourth-order valence-electron chi connectivity index (χ4n) is 2.15. The van der Waals surface area contributed by atoms with E-state index in [-0.39, 0.29) is 6.04 Å². The van der Waals surface area contributed by atoms with Gasteiger partial charge in [0.2, 0.25) is 0 Å². The lowest BCUT2D eigenvalue weighted by atomic mass is 10.3. The van der Waals surface area contributed by atoms with Crippen LogP contribution < -0.4 is 5.32 Å². The highest BCUT2D eigenvalue weighted by Crippen LogP contribution is 2.21. The number of rotatable bonds is 7. The lowest BCUT2D eigenvalue weighted by molar-refractivity contribution is 0.353. The quantitative estimate of drug-likeness (QED) is 0.686. The maximum absolute atomic E-state index is 12.2. The molecule has 5 nitrogen and oxygen atoms in total. The van der Waals surface area contributed by atoms with Gasteiger partial charge in [0.1, 0.15) is 0 Å². The molecule has 0 aromatic heterocycles. The summed E-state index contributed by atoms with van der Waals surface area (Å²) >= 11 is 0. The second-order valence-electron chi connectivity index (χ2n) is 4.64. The molecule has 0 bridgehead atoms. The van der Waals surface area contributed by atoms with Crippen molar-refractivity contribution in [3.05, 3.63) is 0 Å². The van der Waals surface area contributed by atoms with Crippen LogP contribution in [-0.2, 0) is 10.2 Å². The molecule has 17 heavy (non-hydrogen) atoms. The van der Waals surface area contributed by atoms with E-state index in [1.165, 1.54) is 4.31 Å². The van der Waals surface area contributed by atoms with E-state index in [1.807, 2.05) is 13.8 Å². The molecule has 102 valence electrons. The summed E-state index contributed by atoms with van der Waals surface area (Å²) in [7, 11) is -1.56. The Morgan fingerprint density at radius 3 is 2.71 bits per heavy atom. The van der Waals surface area contributed by atoms with Gasteiger partial charge in [-0.3, -0.25) is 0 Å². The molecule has 1 rings (SSSR count). The molecule has 1 N–H and O–H groups in total. The van der Waals surface area contributed by atoms with Crippen LogP contribution in [0.2, 0.25) is 0 Å². The summed E-state index contributed by atoms with van der Waals surface area (Å²) in [5, 5.41) is 3.20. The third-order valence-electron chi connectivity index (χ3n) is 3.26. The summed E-state index contributed by atoms with van der Waals surface area (Å²) in [4.78, 5) is 0. The Bertz CT molecular complexity index is 319. The van der Waals surface area contributed by atoms with Crippen LogP contribution in [0.3, 0.4) is 0 Å². The molecule has 1 aliphatic heterocycles. The van der Waals surface area contributed by atoms with E-state index in [0.29, 0.717) is 13.1 Å². The van der Waals surface area contributed by atoms with Gasteiger partial charge in [-0.2, -0.15) is 17.0 Å². The normalized spacial score (nSPS) is 22.5. The number of nitrogens with zero attached hydrogens (tertiary/aromatic N) is 2. The largest absolute Gasteiger partial charge is 0.317 e. The van der Waals surface area contributed by atoms with Gasteiger partial charge in [-0.15, -0.1) is 0 Å². The van der Waals surface area contributed by atoms with Crippen molar-refractivity contribution < 1.29 is 8.42 Å². The minimum Gasteiger partial charge on any atom is -0.317 e. The van der Waals surface area contributed by atoms with Gasteiger partial charge in [0.15, 0.2) is 0 Å². The molecule has 1 aliphatic rings. The van der Waals surface area contributed by atoms with Gasteiger partial charge in [0, 0.05) is 26.2 Å². The van der Waals surface area contributed by atoms with Gasteiger partial charge in [-0.05, 0) is 39.3 Å². The molecule has 6 heteroatoms. The van der Waals surface area contributed by atoms with Crippen LogP contribution in [0.4, 0.5) is 0 Å². The average Bonchev–Trinajstić information content (AvgIpc) is 2.71. The molecule has 0 saturated carbocycles. The van der Waals surface area contributed by atoms with Gasteiger partial charge in [0.05, 0.1) is 0 Å². The van der Waals surface area contributed by atoms with E-state index >= 15 is 0 Å². The fourth-order valence-corrected chi connectivity index (χ4v) is 3.79. The molecule has 1 fully saturated rings. The first-order valence-corrected chi connectivity index (χ1v) is 7.83. The Morgan fingerprint density at radius 2 is 2.18 bits per heavy atom. The summed E-state index contributed by atoms with van der Waals surface area (Å²) in [6, 6.07) is 0.149. The van der Waals surface area contributed by atoms with Gasteiger partial charge in [-0.25, -0.2) is 0 Å². The Labute approximate surface area is 105 Å². The first-order chi connectivity index (χ1) is 8.00. The van der Waals surface area contributed by atoms with Crippen molar-refractivity contribution in [2.24, 2.45) is 0 Å². The van der Waals surface area contributed by atoms with Crippen LogP contribution in [0.1, 0.15) is 33.1 Å². The summed E-state index contributed by atoms with van der Waals surface area (Å²) in [5.41, 5.74) is 0. The Morgan fingerprint density at radius 1 is 1.47 bits per heavy atom. The van der Waals surface area contributed by atoms with Crippen molar-refractivity contribution in [2.75, 3.05) is 33.2 Å². The van der Waals surface area contributed by atoms with Crippen molar-refractivity contribution >= 4 is 10.2 Å². The minimum atomic E-state index is -3.24. The SMILES string of the molecule is CCNCCCN(C)S(=O)(=O)N1CCCC1C. The number of hydrogen-bond donors (Lipinski definition) is 1. The van der Waals surface area contributed by atoms with E-state index < -0.39 is 10.2 Å². The lowest BCUT2D eigenvalue weighted by Gasteiger charge is -2.27. The van der Waals surface area contributed by atoms with Crippen LogP contribution in [0, 0.1) is 0 Å². The van der Waals surface area contributed by atoms with Crippen molar-refractivity contribution in [3.8, 4) is 0 Å². The number of hydrogen-bond acceptors (Lipinski definition) is 3. The molecule has 1 saturated heterocycles. The molecule has 1 heterocycles. The molecule has 1 atom stereocenters. The summed E-state index contributed by atoms with van der Waals surface area (Å²) in [5.74, 6) is 0. The zero-order chi connectivity index (χ0) is 12.9. The van der Waals surface area contributed by atoms with E-state index in [4.69, 9.17) is 0 Å². The summed E-state index contributed by atoms with van der Waals surface area (Å²) in [6.45, 7) is 7.08. The monoisotopic (exact) mass is 263 g/mol. The molecule has 0 aromatic rings. The summed E-state index contributed by atoms with van der Waals surface area (Å²) in [6.07, 6.45) is 2.81. The smallest absolute Gasteiger partial charge is 0.281 e. The zero-order valence-electron chi connectivity index (χ0n) is 11.1. The predicted octanol–water partition coefficient (Wildman–Crippen LogP) is 0.647. The van der Waals surface area contributed by atoms with Crippen LogP contribution in [0.15, 0.2) is 0 Å². The van der Waals surface area contributed by atoms with Crippen molar-refractivity contribution in [1.29, 1.82) is 0 Å². The predicted molar refractivity (Wildman–Crippen MR) is 70.1 cm³/mol. The molecule has 1 unspecified atom stereocenters. The first-order valence-electron chi connectivity index (χ1n) is 6.44. The average molecular weight is 263 g/mol. The van der Waals surface area contributed by atoms with E-state index in [0.717, 1.165) is 32.4 Å². The van der Waals surface area contributed by atoms with Gasteiger partial charge < -0.3 is 5.32 Å². The van der Waals surface area contributed by atoms with Crippen LogP contribution >= 0.6 is 0 Å². The molecule has 0 radical (unpaired) electrons. The second-order valence-corrected chi connectivity index (χ2v) is 6.63. The number of nitrogens with one attached hydrogen (secondary N) is 1. The van der Waals surface area contributed by atoms with E-state index in [9.17, 15) is 8.42 Å². The molecule has 0 aliphatic carbocycles. The van der Waals surface area contributed by atoms with Crippen LogP contribution in [0.5, 0.6) is 0 Å². The van der Waals surface area contributed by atoms with Crippen molar-refractivity contribution in [2.45, 2.75) is 39.2 Å². The zero-order valence-corrected chi connectivity index (χ0v) is 12.0. The topological polar surface area (TPSA) is 52.7 Å². The highest BCUT2D eigenvalue weighted by Gasteiger charge is 2.33. The second kappa shape index (κ2) is 6.68. The third kappa shape index (κ3) is 3.91. The van der Waals surface area contributed by atoms with Crippen LogP contribution in [-0.4, -0.2) is 56.3 Å². The fraction of sp³-hybridized carbons (Fsp3) is 1.00. The minimum absolute atomic E-state index is 0.149. The highest BCUT2D eigenvalue weighted by molar-refractivity contribution is 7.86. The van der Waals surface area contributed by atoms with Gasteiger partial charge in [-0.1, -0.05) is 6.92 Å². The van der Waals surface area contributed by atoms with Crippen molar-refractivity contribution in [3.63, 3.8) is 0 Å². The maximum atomic E-state index is 12.2. The Kier molecular flexibility index (Phi) is 5.85. The molecular weight excluding hydrogens is 238 g/mol. The lowest BCUT2D eigenvalue weighted by Crippen LogP contribution is -2.44. The van der Waals surface area contributed by atoms with E-state index in [2.05, 4.69) is 5.32 Å². The first kappa shape index (κ1) is 14.9. The third-order valence-corrected chi connectivity index (χ3v) is 5.36. The Balaban J connectivity index is 2.46. The van der Waals surface area contributed by atoms with Crippen LogP contribution in [0.25, 0.3) is 0 Å². The molecular formula is C11H25N3O2S. The summed E-state index contributed by atoms with van der Waals surface area (Å²) < 4.78 is 27.6. The molecule has 0 aromatic carbocycles. The highest BCUT2D eigenvalue weighted by atomic mass is 32.2. The molecule has 0 spiro atoms. The maximum Gasteiger partial charge on any atom is 0.281 e. The Hall–Kier alpha value is -0.170. The van der Waals surface area contributed by atoms with Gasteiger partial charge >= 0.3 is 0 Å². The van der Waals surface area contributed by atoms with Gasteiger partial charge in [0.25, 0.3) is 10.2 Å². The molecule has 0 amide bonds. The van der Waals surface area contributed by atoms with Crippen molar-refractivity contribution in [1.82, 2.24) is 13.9 Å².